The van der Waals surface area contributed by atoms with Crippen LogP contribution < -0.4 is 4.74 Å². The van der Waals surface area contributed by atoms with Crippen molar-refractivity contribution in [2.75, 3.05) is 0 Å². The Morgan fingerprint density at radius 1 is 1.37 bits per heavy atom. The lowest BCUT2D eigenvalue weighted by molar-refractivity contribution is 0.452. The van der Waals surface area contributed by atoms with Gasteiger partial charge in [0.1, 0.15) is 23.0 Å². The molecule has 1 heterocycles. The monoisotopic (exact) mass is 344 g/mol. The number of aromatic nitrogens is 2. The molecule has 0 radical (unpaired) electrons. The van der Waals surface area contributed by atoms with E-state index in [2.05, 4.69) is 25.9 Å². The van der Waals surface area contributed by atoms with Crippen LogP contribution in [0.2, 0.25) is 5.15 Å². The van der Waals surface area contributed by atoms with Gasteiger partial charge in [-0.05, 0) is 40.5 Å². The SMILES string of the molecule is CCCc1c(Cl)ncnc1Oc1ccc(F)c(Br)c1. The third-order valence-corrected chi connectivity index (χ3v) is 3.39. The lowest BCUT2D eigenvalue weighted by atomic mass is 10.2. The van der Waals surface area contributed by atoms with Gasteiger partial charge in [0.2, 0.25) is 5.88 Å². The van der Waals surface area contributed by atoms with Crippen LogP contribution in [0.1, 0.15) is 18.9 Å². The van der Waals surface area contributed by atoms with Crippen molar-refractivity contribution < 1.29 is 9.13 Å². The minimum Gasteiger partial charge on any atom is -0.439 e. The summed E-state index contributed by atoms with van der Waals surface area (Å²) < 4.78 is 19.1. The average Bonchev–Trinajstić information content (AvgIpc) is 2.38. The summed E-state index contributed by atoms with van der Waals surface area (Å²) in [4.78, 5) is 8.02. The Kier molecular flexibility index (Phi) is 4.71. The van der Waals surface area contributed by atoms with E-state index in [9.17, 15) is 4.39 Å². The molecule has 0 aliphatic heterocycles. The van der Waals surface area contributed by atoms with E-state index in [1.54, 1.807) is 6.07 Å². The first kappa shape index (κ1) is 14.2. The van der Waals surface area contributed by atoms with Gasteiger partial charge >= 0.3 is 0 Å². The topological polar surface area (TPSA) is 35.0 Å². The summed E-state index contributed by atoms with van der Waals surface area (Å²) in [7, 11) is 0. The standard InChI is InChI=1S/C13H11BrClFN2O/c1-2-3-9-12(15)17-7-18-13(9)19-8-4-5-11(16)10(14)6-8/h4-7H,2-3H2,1H3. The maximum atomic E-state index is 13.2. The smallest absolute Gasteiger partial charge is 0.227 e. The summed E-state index contributed by atoms with van der Waals surface area (Å²) in [6.45, 7) is 2.03. The third kappa shape index (κ3) is 3.42. The second-order valence-electron chi connectivity index (χ2n) is 3.88. The first-order chi connectivity index (χ1) is 9.11. The maximum absolute atomic E-state index is 13.2. The van der Waals surface area contributed by atoms with Crippen molar-refractivity contribution in [1.82, 2.24) is 9.97 Å². The molecule has 0 N–H and O–H groups in total. The fourth-order valence-corrected chi connectivity index (χ4v) is 2.15. The van der Waals surface area contributed by atoms with Gasteiger partial charge in [0.15, 0.2) is 0 Å². The molecule has 100 valence electrons. The zero-order valence-electron chi connectivity index (χ0n) is 10.2. The van der Waals surface area contributed by atoms with Crippen molar-refractivity contribution in [2.45, 2.75) is 19.8 Å². The van der Waals surface area contributed by atoms with Gasteiger partial charge in [-0.1, -0.05) is 24.9 Å². The Bertz CT molecular complexity index is 595. The van der Waals surface area contributed by atoms with Crippen LogP contribution in [0.15, 0.2) is 29.0 Å². The normalized spacial score (nSPS) is 10.5. The first-order valence-corrected chi connectivity index (χ1v) is 6.91. The summed E-state index contributed by atoms with van der Waals surface area (Å²) in [5.41, 5.74) is 0.757. The molecule has 2 aromatic rings. The van der Waals surface area contributed by atoms with Crippen molar-refractivity contribution in [3.05, 3.63) is 45.5 Å². The molecule has 0 aliphatic rings. The van der Waals surface area contributed by atoms with E-state index < -0.39 is 0 Å². The Morgan fingerprint density at radius 3 is 2.84 bits per heavy atom. The molecule has 0 unspecified atom stereocenters. The Morgan fingerprint density at radius 2 is 2.16 bits per heavy atom. The minimum atomic E-state index is -0.346. The van der Waals surface area contributed by atoms with Crippen LogP contribution in [0, 0.1) is 5.82 Å². The lowest BCUT2D eigenvalue weighted by Gasteiger charge is -2.10. The molecule has 6 heteroatoms. The number of nitrogens with zero attached hydrogens (tertiary/aromatic N) is 2. The van der Waals surface area contributed by atoms with Gasteiger partial charge in [-0.15, -0.1) is 0 Å². The molecule has 0 bridgehead atoms. The van der Waals surface area contributed by atoms with Crippen molar-refractivity contribution in [3.63, 3.8) is 0 Å². The number of benzene rings is 1. The number of ether oxygens (including phenoxy) is 1. The molecule has 0 saturated heterocycles. The summed E-state index contributed by atoms with van der Waals surface area (Å²) in [5, 5.41) is 0.382. The van der Waals surface area contributed by atoms with E-state index in [1.807, 2.05) is 6.92 Å². The van der Waals surface area contributed by atoms with Gasteiger partial charge < -0.3 is 4.74 Å². The Hall–Kier alpha value is -1.20. The predicted octanol–water partition coefficient (Wildman–Crippen LogP) is 4.78. The van der Waals surface area contributed by atoms with Gasteiger partial charge in [-0.2, -0.15) is 0 Å². The van der Waals surface area contributed by atoms with Crippen LogP contribution in [0.3, 0.4) is 0 Å². The van der Waals surface area contributed by atoms with E-state index in [4.69, 9.17) is 16.3 Å². The zero-order chi connectivity index (χ0) is 13.8. The molecule has 0 atom stereocenters. The number of halogens is 3. The second-order valence-corrected chi connectivity index (χ2v) is 5.09. The zero-order valence-corrected chi connectivity index (χ0v) is 12.5. The van der Waals surface area contributed by atoms with Gasteiger partial charge in [-0.25, -0.2) is 14.4 Å². The summed E-state index contributed by atoms with van der Waals surface area (Å²) >= 11 is 9.14. The highest BCUT2D eigenvalue weighted by molar-refractivity contribution is 9.10. The first-order valence-electron chi connectivity index (χ1n) is 5.74. The summed E-state index contributed by atoms with van der Waals surface area (Å²) in [6.07, 6.45) is 2.96. The van der Waals surface area contributed by atoms with Gasteiger partial charge in [0, 0.05) is 0 Å². The van der Waals surface area contributed by atoms with Crippen molar-refractivity contribution in [1.29, 1.82) is 0 Å². The van der Waals surface area contributed by atoms with Crippen LogP contribution in [0.5, 0.6) is 11.6 Å². The maximum Gasteiger partial charge on any atom is 0.227 e. The van der Waals surface area contributed by atoms with Crippen LogP contribution >= 0.6 is 27.5 Å². The highest BCUT2D eigenvalue weighted by Crippen LogP contribution is 2.30. The summed E-state index contributed by atoms with van der Waals surface area (Å²) in [6, 6.07) is 4.40. The number of hydrogen-bond donors (Lipinski definition) is 0. The van der Waals surface area contributed by atoms with Crippen molar-refractivity contribution in [3.8, 4) is 11.6 Å². The molecular weight excluding hydrogens is 335 g/mol. The van der Waals surface area contributed by atoms with E-state index in [-0.39, 0.29) is 5.82 Å². The van der Waals surface area contributed by atoms with E-state index in [1.165, 1.54) is 18.5 Å². The van der Waals surface area contributed by atoms with Crippen molar-refractivity contribution >= 4 is 27.5 Å². The van der Waals surface area contributed by atoms with Crippen LogP contribution in [0.4, 0.5) is 4.39 Å². The Labute approximate surface area is 123 Å². The van der Waals surface area contributed by atoms with Gasteiger partial charge in [-0.3, -0.25) is 0 Å². The molecule has 3 nitrogen and oxygen atoms in total. The molecular formula is C13H11BrClFN2O. The van der Waals surface area contributed by atoms with Gasteiger partial charge in [0.25, 0.3) is 0 Å². The van der Waals surface area contributed by atoms with E-state index in [0.29, 0.717) is 21.3 Å². The quantitative estimate of drug-likeness (QED) is 0.748. The second kappa shape index (κ2) is 6.30. The third-order valence-electron chi connectivity index (χ3n) is 2.46. The minimum absolute atomic E-state index is 0.335. The van der Waals surface area contributed by atoms with Crippen LogP contribution in [0.25, 0.3) is 0 Å². The summed E-state index contributed by atoms with van der Waals surface area (Å²) in [5.74, 6) is 0.544. The lowest BCUT2D eigenvalue weighted by Crippen LogP contribution is -1.98. The predicted molar refractivity (Wildman–Crippen MR) is 75.2 cm³/mol. The van der Waals surface area contributed by atoms with Crippen LogP contribution in [-0.2, 0) is 6.42 Å². The highest BCUT2D eigenvalue weighted by Gasteiger charge is 2.12. The molecule has 19 heavy (non-hydrogen) atoms. The van der Waals surface area contributed by atoms with Gasteiger partial charge in [0.05, 0.1) is 10.0 Å². The number of rotatable bonds is 4. The van der Waals surface area contributed by atoms with Crippen molar-refractivity contribution in [2.24, 2.45) is 0 Å². The molecule has 0 fully saturated rings. The molecule has 0 saturated carbocycles. The molecule has 0 amide bonds. The molecule has 2 rings (SSSR count). The molecule has 1 aromatic carbocycles. The fourth-order valence-electron chi connectivity index (χ4n) is 1.58. The molecule has 1 aromatic heterocycles. The Balaban J connectivity index is 2.32. The molecule has 0 spiro atoms. The molecule has 0 aliphatic carbocycles. The van der Waals surface area contributed by atoms with E-state index >= 15 is 0 Å². The largest absolute Gasteiger partial charge is 0.439 e. The van der Waals surface area contributed by atoms with E-state index in [0.717, 1.165) is 18.4 Å². The highest BCUT2D eigenvalue weighted by atomic mass is 79.9. The van der Waals surface area contributed by atoms with Crippen LogP contribution in [-0.4, -0.2) is 9.97 Å². The average molecular weight is 346 g/mol. The fraction of sp³-hybridized carbons (Fsp3) is 0.231. The number of hydrogen-bond acceptors (Lipinski definition) is 3.